The second-order valence-electron chi connectivity index (χ2n) is 2.72. The molecule has 0 aromatic heterocycles. The van der Waals surface area contributed by atoms with Crippen molar-refractivity contribution in [2.45, 2.75) is 6.42 Å². The van der Waals surface area contributed by atoms with Gasteiger partial charge in [0.25, 0.3) is 0 Å². The minimum absolute atomic E-state index is 0.554. The molecule has 3 nitrogen and oxygen atoms in total. The largest absolute Gasteiger partial charge is 0.292 e. The van der Waals surface area contributed by atoms with Gasteiger partial charge in [-0.3, -0.25) is 4.99 Å². The molecule has 1 aromatic rings. The van der Waals surface area contributed by atoms with Crippen LogP contribution in [-0.4, -0.2) is 12.8 Å². The Bertz CT molecular complexity index is 344. The number of nitrogens with zero attached hydrogens (tertiary/aromatic N) is 2. The van der Waals surface area contributed by atoms with Gasteiger partial charge in [0.05, 0.1) is 0 Å². The van der Waals surface area contributed by atoms with Gasteiger partial charge in [0.1, 0.15) is 5.69 Å². The summed E-state index contributed by atoms with van der Waals surface area (Å²) in [6.45, 7) is 0.763. The SMILES string of the molecule is O=Nc1cccc2c1CCN=C2. The summed E-state index contributed by atoms with van der Waals surface area (Å²) in [4.78, 5) is 14.5. The first-order valence-corrected chi connectivity index (χ1v) is 3.87. The van der Waals surface area contributed by atoms with Crippen LogP contribution in [0.5, 0.6) is 0 Å². The summed E-state index contributed by atoms with van der Waals surface area (Å²) in [6, 6.07) is 5.52. The molecule has 0 aliphatic carbocycles. The minimum Gasteiger partial charge on any atom is -0.292 e. The zero-order valence-electron chi connectivity index (χ0n) is 6.53. The fraction of sp³-hybridized carbons (Fsp3) is 0.222. The van der Waals surface area contributed by atoms with Crippen molar-refractivity contribution < 1.29 is 0 Å². The fourth-order valence-corrected chi connectivity index (χ4v) is 1.41. The summed E-state index contributed by atoms with van der Waals surface area (Å²) in [7, 11) is 0. The van der Waals surface area contributed by atoms with Gasteiger partial charge in [-0.1, -0.05) is 12.1 Å². The predicted octanol–water partition coefficient (Wildman–Crippen LogP) is 2.06. The average Bonchev–Trinajstić information content (AvgIpc) is 2.17. The molecule has 0 unspecified atom stereocenters. The number of aliphatic imine (C=N–C) groups is 1. The van der Waals surface area contributed by atoms with E-state index >= 15 is 0 Å². The third-order valence-electron chi connectivity index (χ3n) is 2.01. The lowest BCUT2D eigenvalue weighted by molar-refractivity contribution is 0.951. The Hall–Kier alpha value is -1.51. The maximum absolute atomic E-state index is 10.4. The summed E-state index contributed by atoms with van der Waals surface area (Å²) >= 11 is 0. The van der Waals surface area contributed by atoms with Gasteiger partial charge < -0.3 is 0 Å². The highest BCUT2D eigenvalue weighted by molar-refractivity contribution is 5.85. The molecule has 2 rings (SSSR count). The van der Waals surface area contributed by atoms with Crippen molar-refractivity contribution in [3.05, 3.63) is 34.2 Å². The Morgan fingerprint density at radius 2 is 2.33 bits per heavy atom. The van der Waals surface area contributed by atoms with Gasteiger partial charge >= 0.3 is 0 Å². The van der Waals surface area contributed by atoms with Crippen LogP contribution in [0.4, 0.5) is 5.69 Å². The molecule has 0 bridgehead atoms. The molecule has 0 amide bonds. The standard InChI is InChI=1S/C9H8N2O/c12-11-9-3-1-2-7-6-10-5-4-8(7)9/h1-3,6H,4-5H2. The molecule has 0 atom stereocenters. The van der Waals surface area contributed by atoms with Gasteiger partial charge in [-0.25, -0.2) is 0 Å². The molecular weight excluding hydrogens is 152 g/mol. The molecule has 60 valence electrons. The molecule has 1 aliphatic heterocycles. The van der Waals surface area contributed by atoms with Crippen molar-refractivity contribution >= 4 is 11.9 Å². The number of hydrogen-bond donors (Lipinski definition) is 0. The monoisotopic (exact) mass is 160 g/mol. The Morgan fingerprint density at radius 1 is 1.42 bits per heavy atom. The van der Waals surface area contributed by atoms with E-state index < -0.39 is 0 Å². The smallest absolute Gasteiger partial charge is 0.111 e. The van der Waals surface area contributed by atoms with Crippen molar-refractivity contribution in [1.82, 2.24) is 0 Å². The lowest BCUT2D eigenvalue weighted by Crippen LogP contribution is -2.02. The first-order valence-electron chi connectivity index (χ1n) is 3.87. The molecule has 0 spiro atoms. The molecule has 0 radical (unpaired) electrons. The van der Waals surface area contributed by atoms with Crippen LogP contribution in [-0.2, 0) is 6.42 Å². The highest BCUT2D eigenvalue weighted by Gasteiger charge is 2.09. The molecule has 0 saturated heterocycles. The van der Waals surface area contributed by atoms with Crippen LogP contribution in [0.3, 0.4) is 0 Å². The number of rotatable bonds is 1. The topological polar surface area (TPSA) is 41.8 Å². The molecule has 1 aromatic carbocycles. The van der Waals surface area contributed by atoms with E-state index in [0.717, 1.165) is 24.1 Å². The van der Waals surface area contributed by atoms with Gasteiger partial charge in [-0.15, -0.1) is 4.91 Å². The van der Waals surface area contributed by atoms with E-state index in [4.69, 9.17) is 0 Å². The summed E-state index contributed by atoms with van der Waals surface area (Å²) < 4.78 is 0. The van der Waals surface area contributed by atoms with Crippen LogP contribution < -0.4 is 0 Å². The summed E-state index contributed by atoms with van der Waals surface area (Å²) in [5, 5.41) is 2.97. The van der Waals surface area contributed by atoms with Crippen molar-refractivity contribution in [2.24, 2.45) is 10.2 Å². The summed E-state index contributed by atoms with van der Waals surface area (Å²) in [6.07, 6.45) is 2.63. The van der Waals surface area contributed by atoms with Crippen molar-refractivity contribution in [3.8, 4) is 0 Å². The second-order valence-corrected chi connectivity index (χ2v) is 2.72. The number of fused-ring (bicyclic) bond motifs is 1. The van der Waals surface area contributed by atoms with E-state index in [0.29, 0.717) is 5.69 Å². The van der Waals surface area contributed by atoms with Crippen LogP contribution in [0.15, 0.2) is 28.4 Å². The minimum atomic E-state index is 0.554. The van der Waals surface area contributed by atoms with E-state index in [-0.39, 0.29) is 0 Å². The van der Waals surface area contributed by atoms with Gasteiger partial charge in [0.15, 0.2) is 0 Å². The highest BCUT2D eigenvalue weighted by atomic mass is 16.3. The van der Waals surface area contributed by atoms with Gasteiger partial charge in [-0.05, 0) is 28.8 Å². The van der Waals surface area contributed by atoms with Crippen LogP contribution in [0, 0.1) is 4.91 Å². The second kappa shape index (κ2) is 2.85. The van der Waals surface area contributed by atoms with Crippen molar-refractivity contribution in [3.63, 3.8) is 0 Å². The maximum Gasteiger partial charge on any atom is 0.111 e. The lowest BCUT2D eigenvalue weighted by Gasteiger charge is -2.09. The first kappa shape index (κ1) is 7.16. The Morgan fingerprint density at radius 3 is 3.17 bits per heavy atom. The third-order valence-corrected chi connectivity index (χ3v) is 2.01. The molecule has 0 fully saturated rings. The van der Waals surface area contributed by atoms with E-state index in [1.54, 1.807) is 12.3 Å². The third kappa shape index (κ3) is 1.03. The quantitative estimate of drug-likeness (QED) is 0.580. The maximum atomic E-state index is 10.4. The zero-order valence-corrected chi connectivity index (χ0v) is 6.53. The highest BCUT2D eigenvalue weighted by Crippen LogP contribution is 2.23. The number of nitroso groups, excluding NO2 is 1. The molecular formula is C9H8N2O. The summed E-state index contributed by atoms with van der Waals surface area (Å²) in [5.74, 6) is 0. The van der Waals surface area contributed by atoms with E-state index in [2.05, 4.69) is 10.2 Å². The van der Waals surface area contributed by atoms with Crippen LogP contribution >= 0.6 is 0 Å². The number of benzene rings is 1. The molecule has 1 aliphatic rings. The Kier molecular flexibility index (Phi) is 1.70. The zero-order chi connectivity index (χ0) is 8.39. The van der Waals surface area contributed by atoms with Crippen LogP contribution in [0.25, 0.3) is 0 Å². The summed E-state index contributed by atoms with van der Waals surface area (Å²) in [5.41, 5.74) is 2.61. The van der Waals surface area contributed by atoms with Crippen molar-refractivity contribution in [1.29, 1.82) is 0 Å². The number of hydrogen-bond acceptors (Lipinski definition) is 3. The Balaban J connectivity index is 2.60. The van der Waals surface area contributed by atoms with E-state index in [9.17, 15) is 4.91 Å². The van der Waals surface area contributed by atoms with E-state index in [1.165, 1.54) is 0 Å². The Labute approximate surface area is 70.1 Å². The lowest BCUT2D eigenvalue weighted by atomic mass is 10.0. The van der Waals surface area contributed by atoms with Crippen LogP contribution in [0.1, 0.15) is 11.1 Å². The molecule has 0 N–H and O–H groups in total. The molecule has 0 saturated carbocycles. The van der Waals surface area contributed by atoms with Crippen molar-refractivity contribution in [2.75, 3.05) is 6.54 Å². The fourth-order valence-electron chi connectivity index (χ4n) is 1.41. The van der Waals surface area contributed by atoms with E-state index in [1.807, 2.05) is 12.1 Å². The van der Waals surface area contributed by atoms with Crippen LogP contribution in [0.2, 0.25) is 0 Å². The normalized spacial score (nSPS) is 14.0. The molecule has 1 heterocycles. The first-order chi connectivity index (χ1) is 5.92. The van der Waals surface area contributed by atoms with Gasteiger partial charge in [0.2, 0.25) is 0 Å². The average molecular weight is 160 g/mol. The molecule has 12 heavy (non-hydrogen) atoms. The van der Waals surface area contributed by atoms with Gasteiger partial charge in [0, 0.05) is 12.8 Å². The molecule has 3 heteroatoms. The van der Waals surface area contributed by atoms with Gasteiger partial charge in [-0.2, -0.15) is 0 Å². The predicted molar refractivity (Wildman–Crippen MR) is 48.1 cm³/mol.